The standard InChI is InChI=1S/C56H37N/c1-2-12-35(13-3-1)36-22-24-39(25-23-36)57(40-26-28-44-47(32-40)42-16-6-7-17-43(42)48-34-49(44)48)41-27-29-54-51(33-41)50-30-37-14-4-5-15-38(37)31-55(50)56(54)52-20-10-8-18-45(52)46-19-9-11-21-53(46)56/h1-33,48-49H,34H2. The summed E-state index contributed by atoms with van der Waals surface area (Å²) in [5, 5.41) is 2.54. The highest BCUT2D eigenvalue weighted by atomic mass is 15.1. The molecule has 9 aromatic carbocycles. The number of benzene rings is 9. The van der Waals surface area contributed by atoms with E-state index in [1.165, 1.54) is 101 Å². The molecule has 2 unspecified atom stereocenters. The Bertz CT molecular complexity index is 3070. The third-order valence-corrected chi connectivity index (χ3v) is 13.6. The average Bonchev–Trinajstić information content (AvgIpc) is 3.98. The number of nitrogens with zero attached hydrogens (tertiary/aromatic N) is 1. The zero-order valence-corrected chi connectivity index (χ0v) is 31.4. The quantitative estimate of drug-likeness (QED) is 0.175. The Morgan fingerprint density at radius 1 is 0.333 bits per heavy atom. The molecule has 0 saturated heterocycles. The van der Waals surface area contributed by atoms with Crippen molar-refractivity contribution in [3.63, 3.8) is 0 Å². The molecule has 1 heteroatoms. The molecule has 9 aromatic rings. The molecular formula is C56H37N. The molecule has 0 N–H and O–H groups in total. The van der Waals surface area contributed by atoms with Crippen molar-refractivity contribution in [2.75, 3.05) is 4.90 Å². The monoisotopic (exact) mass is 723 g/mol. The first-order valence-electron chi connectivity index (χ1n) is 20.3. The fourth-order valence-electron chi connectivity index (χ4n) is 11.0. The fourth-order valence-corrected chi connectivity index (χ4v) is 11.0. The minimum Gasteiger partial charge on any atom is -0.310 e. The van der Waals surface area contributed by atoms with Gasteiger partial charge in [0.05, 0.1) is 5.41 Å². The highest BCUT2D eigenvalue weighted by Gasteiger charge is 2.52. The van der Waals surface area contributed by atoms with Gasteiger partial charge in [0.25, 0.3) is 0 Å². The summed E-state index contributed by atoms with van der Waals surface area (Å²) in [7, 11) is 0. The lowest BCUT2D eigenvalue weighted by Crippen LogP contribution is -2.25. The Labute approximate surface area is 333 Å². The lowest BCUT2D eigenvalue weighted by molar-refractivity contribution is 0.795. The van der Waals surface area contributed by atoms with Crippen LogP contribution < -0.4 is 4.90 Å². The molecule has 0 amide bonds. The van der Waals surface area contributed by atoms with E-state index in [1.54, 1.807) is 0 Å². The van der Waals surface area contributed by atoms with Crippen molar-refractivity contribution in [1.82, 2.24) is 0 Å². The van der Waals surface area contributed by atoms with E-state index in [2.05, 4.69) is 205 Å². The van der Waals surface area contributed by atoms with Crippen LogP contribution in [0.5, 0.6) is 0 Å². The third kappa shape index (κ3) is 4.29. The smallest absolute Gasteiger partial charge is 0.0725 e. The Hall–Kier alpha value is -6.96. The van der Waals surface area contributed by atoms with Crippen molar-refractivity contribution < 1.29 is 0 Å². The Kier molecular flexibility index (Phi) is 6.33. The van der Waals surface area contributed by atoms with Gasteiger partial charge in [-0.1, -0.05) is 152 Å². The molecule has 13 rings (SSSR count). The van der Waals surface area contributed by atoms with Gasteiger partial charge < -0.3 is 4.90 Å². The summed E-state index contributed by atoms with van der Waals surface area (Å²) in [4.78, 5) is 2.49. The van der Waals surface area contributed by atoms with E-state index in [0.29, 0.717) is 11.8 Å². The molecule has 1 saturated carbocycles. The summed E-state index contributed by atoms with van der Waals surface area (Å²) in [5.41, 5.74) is 22.0. The molecule has 2 atom stereocenters. The highest BCUT2D eigenvalue weighted by Crippen LogP contribution is 2.65. The van der Waals surface area contributed by atoms with Gasteiger partial charge in [-0.05, 0) is 155 Å². The molecule has 57 heavy (non-hydrogen) atoms. The van der Waals surface area contributed by atoms with Crippen molar-refractivity contribution in [2.45, 2.75) is 23.7 Å². The van der Waals surface area contributed by atoms with E-state index >= 15 is 0 Å². The molecule has 0 heterocycles. The van der Waals surface area contributed by atoms with Gasteiger partial charge in [0, 0.05) is 17.1 Å². The topological polar surface area (TPSA) is 3.24 Å². The van der Waals surface area contributed by atoms with Crippen molar-refractivity contribution in [2.24, 2.45) is 0 Å². The van der Waals surface area contributed by atoms with E-state index in [-0.39, 0.29) is 0 Å². The van der Waals surface area contributed by atoms with Crippen LogP contribution in [0.2, 0.25) is 0 Å². The molecule has 0 bridgehead atoms. The van der Waals surface area contributed by atoms with Crippen molar-refractivity contribution in [3.8, 4) is 44.5 Å². The lowest BCUT2D eigenvalue weighted by Gasteiger charge is -2.31. The minimum absolute atomic E-state index is 0.404. The van der Waals surface area contributed by atoms with Gasteiger partial charge in [0.15, 0.2) is 0 Å². The van der Waals surface area contributed by atoms with Crippen LogP contribution >= 0.6 is 0 Å². The summed E-state index contributed by atoms with van der Waals surface area (Å²) in [5.74, 6) is 1.29. The third-order valence-electron chi connectivity index (χ3n) is 13.6. The molecule has 0 aromatic heterocycles. The van der Waals surface area contributed by atoms with Crippen molar-refractivity contribution in [3.05, 3.63) is 234 Å². The average molecular weight is 724 g/mol. The van der Waals surface area contributed by atoms with E-state index in [4.69, 9.17) is 0 Å². The number of anilines is 3. The Morgan fingerprint density at radius 3 is 1.58 bits per heavy atom. The second-order valence-electron chi connectivity index (χ2n) is 16.4. The lowest BCUT2D eigenvalue weighted by atomic mass is 9.70. The van der Waals surface area contributed by atoms with Gasteiger partial charge in [-0.25, -0.2) is 0 Å². The maximum absolute atomic E-state index is 2.49. The Balaban J connectivity index is 1.06. The number of fused-ring (bicyclic) bond motifs is 17. The van der Waals surface area contributed by atoms with Crippen LogP contribution in [0.15, 0.2) is 200 Å². The van der Waals surface area contributed by atoms with Crippen molar-refractivity contribution >= 4 is 27.8 Å². The molecule has 4 aliphatic carbocycles. The van der Waals surface area contributed by atoms with Gasteiger partial charge >= 0.3 is 0 Å². The predicted octanol–water partition coefficient (Wildman–Crippen LogP) is 14.6. The molecule has 0 radical (unpaired) electrons. The van der Waals surface area contributed by atoms with Gasteiger partial charge in [0.2, 0.25) is 0 Å². The first-order valence-corrected chi connectivity index (χ1v) is 20.3. The first kappa shape index (κ1) is 31.3. The molecule has 266 valence electrons. The number of rotatable bonds is 4. The predicted molar refractivity (Wildman–Crippen MR) is 236 cm³/mol. The van der Waals surface area contributed by atoms with Crippen LogP contribution in [0.3, 0.4) is 0 Å². The fraction of sp³-hybridized carbons (Fsp3) is 0.0714. The van der Waals surface area contributed by atoms with Crippen LogP contribution in [0.1, 0.15) is 51.6 Å². The van der Waals surface area contributed by atoms with Gasteiger partial charge in [-0.15, -0.1) is 0 Å². The summed E-state index contributed by atoms with van der Waals surface area (Å²) < 4.78 is 0. The first-order chi connectivity index (χ1) is 28.3. The van der Waals surface area contributed by atoms with Crippen LogP contribution in [-0.2, 0) is 5.41 Å². The summed E-state index contributed by atoms with van der Waals surface area (Å²) in [6.07, 6.45) is 1.25. The molecular weight excluding hydrogens is 687 g/mol. The Morgan fingerprint density at radius 2 is 0.842 bits per heavy atom. The van der Waals surface area contributed by atoms with E-state index in [1.807, 2.05) is 0 Å². The number of hydrogen-bond donors (Lipinski definition) is 0. The van der Waals surface area contributed by atoms with Crippen LogP contribution in [0, 0.1) is 0 Å². The molecule has 4 aliphatic rings. The number of hydrogen-bond acceptors (Lipinski definition) is 1. The van der Waals surface area contributed by atoms with Gasteiger partial charge in [-0.2, -0.15) is 0 Å². The van der Waals surface area contributed by atoms with E-state index in [0.717, 1.165) is 11.4 Å². The van der Waals surface area contributed by atoms with E-state index in [9.17, 15) is 0 Å². The molecule has 1 nitrogen and oxygen atoms in total. The zero-order chi connectivity index (χ0) is 37.2. The van der Waals surface area contributed by atoms with E-state index < -0.39 is 5.41 Å². The van der Waals surface area contributed by atoms with Crippen LogP contribution in [0.25, 0.3) is 55.3 Å². The van der Waals surface area contributed by atoms with Crippen LogP contribution in [0.4, 0.5) is 17.1 Å². The summed E-state index contributed by atoms with van der Waals surface area (Å²) >= 11 is 0. The second kappa shape index (κ2) is 11.5. The largest absolute Gasteiger partial charge is 0.310 e. The molecule has 1 spiro atoms. The zero-order valence-electron chi connectivity index (χ0n) is 31.4. The van der Waals surface area contributed by atoms with Gasteiger partial charge in [0.1, 0.15) is 0 Å². The SMILES string of the molecule is c1ccc(-c2ccc(N(c3ccc4c(c3)-c3ccccc3C3CC43)c3ccc4c(c3)-c3cc5ccccc5cc3C43c4ccccc4-c4ccccc43)cc2)cc1. The maximum atomic E-state index is 2.49. The molecule has 1 fully saturated rings. The maximum Gasteiger partial charge on any atom is 0.0725 e. The van der Waals surface area contributed by atoms with Gasteiger partial charge in [-0.3, -0.25) is 0 Å². The normalized spacial score (nSPS) is 16.8. The molecule has 0 aliphatic heterocycles. The highest BCUT2D eigenvalue weighted by molar-refractivity contribution is 6.01. The summed E-state index contributed by atoms with van der Waals surface area (Å²) in [6.45, 7) is 0. The summed E-state index contributed by atoms with van der Waals surface area (Å²) in [6, 6.07) is 75.5. The second-order valence-corrected chi connectivity index (χ2v) is 16.4. The van der Waals surface area contributed by atoms with Crippen molar-refractivity contribution in [1.29, 1.82) is 0 Å². The minimum atomic E-state index is -0.404. The van der Waals surface area contributed by atoms with Crippen LogP contribution in [-0.4, -0.2) is 0 Å².